The van der Waals surface area contributed by atoms with Gasteiger partial charge in [0.1, 0.15) is 5.82 Å². The maximum Gasteiger partial charge on any atom is 0.123 e. The van der Waals surface area contributed by atoms with Crippen molar-refractivity contribution in [3.05, 3.63) is 46.8 Å². The van der Waals surface area contributed by atoms with E-state index < -0.39 is 0 Å². The summed E-state index contributed by atoms with van der Waals surface area (Å²) in [5.41, 5.74) is 3.89. The molecule has 1 aliphatic rings. The quantitative estimate of drug-likeness (QED) is 0.785. The minimum Gasteiger partial charge on any atom is -0.316 e. The lowest BCUT2D eigenvalue weighted by molar-refractivity contribution is 0.530. The van der Waals surface area contributed by atoms with E-state index >= 15 is 0 Å². The first kappa shape index (κ1) is 14.3. The fourth-order valence-electron chi connectivity index (χ4n) is 2.84. The van der Waals surface area contributed by atoms with Crippen LogP contribution < -0.4 is 5.32 Å². The van der Waals surface area contributed by atoms with Gasteiger partial charge >= 0.3 is 0 Å². The Labute approximate surface area is 115 Å². The van der Waals surface area contributed by atoms with Gasteiger partial charge in [-0.05, 0) is 75.8 Å². The Morgan fingerprint density at radius 3 is 2.74 bits per heavy atom. The van der Waals surface area contributed by atoms with E-state index in [0.29, 0.717) is 6.04 Å². The second-order valence-electron chi connectivity index (χ2n) is 5.57. The highest BCUT2D eigenvalue weighted by Gasteiger charge is 2.13. The number of nitrogens with one attached hydrogen (secondary N) is 1. The van der Waals surface area contributed by atoms with E-state index in [2.05, 4.69) is 11.4 Å². The molecule has 2 rings (SSSR count). The fourth-order valence-corrected chi connectivity index (χ4v) is 2.84. The fraction of sp³-hybridized carbons (Fsp3) is 0.529. The standard InChI is InChI=1S/C17H24FN/c1-13-10-16(18)9-8-15(13)12-17(19-2)11-14-6-4-3-5-7-14/h6,8-10,17,19H,3-5,7,11-12H2,1-2H3. The third-order valence-corrected chi connectivity index (χ3v) is 4.07. The van der Waals surface area contributed by atoms with Gasteiger partial charge in [0.05, 0.1) is 0 Å². The van der Waals surface area contributed by atoms with Crippen LogP contribution in [0.15, 0.2) is 29.8 Å². The highest BCUT2D eigenvalue weighted by molar-refractivity contribution is 5.27. The summed E-state index contributed by atoms with van der Waals surface area (Å²) < 4.78 is 13.1. The van der Waals surface area contributed by atoms with E-state index in [4.69, 9.17) is 0 Å². The largest absolute Gasteiger partial charge is 0.316 e. The molecule has 104 valence electrons. The van der Waals surface area contributed by atoms with Crippen molar-refractivity contribution in [2.45, 2.75) is 51.5 Å². The zero-order valence-corrected chi connectivity index (χ0v) is 12.0. The first-order valence-corrected chi connectivity index (χ1v) is 7.29. The Kier molecular flexibility index (Phi) is 5.15. The van der Waals surface area contributed by atoms with Crippen LogP contribution in [-0.4, -0.2) is 13.1 Å². The minimum absolute atomic E-state index is 0.141. The van der Waals surface area contributed by atoms with Gasteiger partial charge in [0, 0.05) is 6.04 Å². The van der Waals surface area contributed by atoms with Crippen molar-refractivity contribution in [2.24, 2.45) is 0 Å². The van der Waals surface area contributed by atoms with E-state index in [-0.39, 0.29) is 5.82 Å². The van der Waals surface area contributed by atoms with Crippen molar-refractivity contribution in [1.29, 1.82) is 0 Å². The maximum atomic E-state index is 13.1. The van der Waals surface area contributed by atoms with Crippen LogP contribution in [0.3, 0.4) is 0 Å². The molecule has 19 heavy (non-hydrogen) atoms. The Balaban J connectivity index is 2.00. The van der Waals surface area contributed by atoms with Crippen molar-refractivity contribution in [1.82, 2.24) is 5.32 Å². The van der Waals surface area contributed by atoms with Gasteiger partial charge in [0.25, 0.3) is 0 Å². The lowest BCUT2D eigenvalue weighted by atomic mass is 9.91. The highest BCUT2D eigenvalue weighted by atomic mass is 19.1. The van der Waals surface area contributed by atoms with Crippen molar-refractivity contribution < 1.29 is 4.39 Å². The van der Waals surface area contributed by atoms with Crippen LogP contribution in [0.25, 0.3) is 0 Å². The first-order valence-electron chi connectivity index (χ1n) is 7.29. The summed E-state index contributed by atoms with van der Waals surface area (Å²) in [5, 5.41) is 3.41. The smallest absolute Gasteiger partial charge is 0.123 e. The van der Waals surface area contributed by atoms with Crippen LogP contribution in [0.4, 0.5) is 4.39 Å². The Morgan fingerprint density at radius 2 is 2.11 bits per heavy atom. The lowest BCUT2D eigenvalue weighted by Crippen LogP contribution is -2.28. The summed E-state index contributed by atoms with van der Waals surface area (Å²) in [5.74, 6) is -0.141. The molecule has 0 spiro atoms. The molecule has 0 bridgehead atoms. The van der Waals surface area contributed by atoms with Crippen LogP contribution in [-0.2, 0) is 6.42 Å². The highest BCUT2D eigenvalue weighted by Crippen LogP contribution is 2.23. The Hall–Kier alpha value is -1.15. The van der Waals surface area contributed by atoms with E-state index in [0.717, 1.165) is 18.4 Å². The summed E-state index contributed by atoms with van der Waals surface area (Å²) in [4.78, 5) is 0. The van der Waals surface area contributed by atoms with E-state index in [1.807, 2.05) is 20.0 Å². The summed E-state index contributed by atoms with van der Waals surface area (Å²) >= 11 is 0. The molecule has 0 amide bonds. The number of rotatable bonds is 5. The molecule has 0 aromatic heterocycles. The van der Waals surface area contributed by atoms with Gasteiger partial charge in [-0.2, -0.15) is 0 Å². The molecule has 1 N–H and O–H groups in total. The number of hydrogen-bond acceptors (Lipinski definition) is 1. The van der Waals surface area contributed by atoms with Crippen molar-refractivity contribution in [3.8, 4) is 0 Å². The summed E-state index contributed by atoms with van der Waals surface area (Å²) in [7, 11) is 2.02. The van der Waals surface area contributed by atoms with Gasteiger partial charge in [0.15, 0.2) is 0 Å². The zero-order valence-electron chi connectivity index (χ0n) is 12.0. The molecule has 0 fully saturated rings. The average molecular weight is 261 g/mol. The lowest BCUT2D eigenvalue weighted by Gasteiger charge is -2.21. The molecule has 0 heterocycles. The predicted molar refractivity (Wildman–Crippen MR) is 78.9 cm³/mol. The van der Waals surface area contributed by atoms with Crippen LogP contribution in [0, 0.1) is 12.7 Å². The molecule has 1 unspecified atom stereocenters. The normalized spacial score (nSPS) is 17.1. The number of allylic oxidation sites excluding steroid dienone is 1. The Bertz CT molecular complexity index is 451. The van der Waals surface area contributed by atoms with Crippen LogP contribution in [0.2, 0.25) is 0 Å². The molecule has 0 radical (unpaired) electrons. The Morgan fingerprint density at radius 1 is 1.26 bits per heavy atom. The summed E-state index contributed by atoms with van der Waals surface area (Å²) in [6, 6.07) is 5.56. The second-order valence-corrected chi connectivity index (χ2v) is 5.57. The molecule has 1 atom stereocenters. The molecule has 0 saturated carbocycles. The molecule has 2 heteroatoms. The van der Waals surface area contributed by atoms with Crippen molar-refractivity contribution in [3.63, 3.8) is 0 Å². The van der Waals surface area contributed by atoms with Crippen LogP contribution in [0.5, 0.6) is 0 Å². The number of benzene rings is 1. The van der Waals surface area contributed by atoms with Gasteiger partial charge in [-0.1, -0.05) is 17.7 Å². The first-order chi connectivity index (χ1) is 9.19. The monoisotopic (exact) mass is 261 g/mol. The second kappa shape index (κ2) is 6.85. The predicted octanol–water partition coefficient (Wildman–Crippen LogP) is 4.16. The molecule has 1 aliphatic carbocycles. The van der Waals surface area contributed by atoms with E-state index in [1.165, 1.54) is 31.2 Å². The van der Waals surface area contributed by atoms with Gasteiger partial charge in [0.2, 0.25) is 0 Å². The molecular formula is C17H24FN. The third kappa shape index (κ3) is 4.17. The van der Waals surface area contributed by atoms with Crippen LogP contribution >= 0.6 is 0 Å². The van der Waals surface area contributed by atoms with Gasteiger partial charge in [-0.15, -0.1) is 0 Å². The SMILES string of the molecule is CNC(CC1=CCCCC1)Cc1ccc(F)cc1C. The minimum atomic E-state index is -0.141. The van der Waals surface area contributed by atoms with E-state index in [9.17, 15) is 4.39 Å². The summed E-state index contributed by atoms with van der Waals surface area (Å²) in [6.45, 7) is 1.99. The molecule has 1 nitrogen and oxygen atoms in total. The summed E-state index contributed by atoms with van der Waals surface area (Å²) in [6.07, 6.45) is 9.66. The maximum absolute atomic E-state index is 13.1. The number of hydrogen-bond donors (Lipinski definition) is 1. The average Bonchev–Trinajstić information content (AvgIpc) is 2.42. The van der Waals surface area contributed by atoms with Crippen molar-refractivity contribution in [2.75, 3.05) is 7.05 Å². The van der Waals surface area contributed by atoms with Gasteiger partial charge < -0.3 is 5.32 Å². The molecule has 0 aliphatic heterocycles. The molecule has 0 saturated heterocycles. The molecular weight excluding hydrogens is 237 g/mol. The molecule has 1 aromatic rings. The third-order valence-electron chi connectivity index (χ3n) is 4.07. The van der Waals surface area contributed by atoms with Crippen molar-refractivity contribution >= 4 is 0 Å². The number of aryl methyl sites for hydroxylation is 1. The number of halogens is 1. The zero-order chi connectivity index (χ0) is 13.7. The van der Waals surface area contributed by atoms with Crippen LogP contribution in [0.1, 0.15) is 43.2 Å². The number of likely N-dealkylation sites (N-methyl/N-ethyl adjacent to an activating group) is 1. The topological polar surface area (TPSA) is 12.0 Å². The van der Waals surface area contributed by atoms with E-state index in [1.54, 1.807) is 17.7 Å². The molecule has 1 aromatic carbocycles. The van der Waals surface area contributed by atoms with Gasteiger partial charge in [-0.25, -0.2) is 4.39 Å². The van der Waals surface area contributed by atoms with Gasteiger partial charge in [-0.3, -0.25) is 0 Å².